The van der Waals surface area contributed by atoms with E-state index in [1.165, 1.54) is 5.56 Å². The monoisotopic (exact) mass is 177 g/mol. The van der Waals surface area contributed by atoms with Gasteiger partial charge in [-0.1, -0.05) is 50.8 Å². The highest BCUT2D eigenvalue weighted by Gasteiger charge is 1.91. The second-order valence-electron chi connectivity index (χ2n) is 2.52. The highest BCUT2D eigenvalue weighted by atomic mass is 14.8. The summed E-state index contributed by atoms with van der Waals surface area (Å²) in [6.07, 6.45) is 0.914. The summed E-state index contributed by atoms with van der Waals surface area (Å²) in [5, 5.41) is 3.02. The fourth-order valence-corrected chi connectivity index (χ4v) is 0.931. The molecule has 72 valence electrons. The van der Waals surface area contributed by atoms with Gasteiger partial charge >= 0.3 is 0 Å². The maximum absolute atomic E-state index is 3.86. The van der Waals surface area contributed by atoms with Gasteiger partial charge in [0.2, 0.25) is 0 Å². The predicted molar refractivity (Wildman–Crippen MR) is 59.7 cm³/mol. The summed E-state index contributed by atoms with van der Waals surface area (Å²) in [6, 6.07) is 10.3. The first kappa shape index (κ1) is 11.8. The lowest BCUT2D eigenvalue weighted by atomic mass is 10.1. The van der Waals surface area contributed by atoms with E-state index in [-0.39, 0.29) is 0 Å². The van der Waals surface area contributed by atoms with Gasteiger partial charge in [0, 0.05) is 19.2 Å². The lowest BCUT2D eigenvalue weighted by molar-refractivity contribution is 0.929. The van der Waals surface area contributed by atoms with Crippen LogP contribution in [0, 0.1) is 0 Å². The van der Waals surface area contributed by atoms with Crippen LogP contribution in [-0.4, -0.2) is 7.05 Å². The standard InChI is InChI=1S/C10H13N.C2H6/c1-9(11-2)8-10-6-4-3-5-7-10;1-2/h3-7,11H,1,8H2,2H3;1-2H3. The summed E-state index contributed by atoms with van der Waals surface area (Å²) in [5.74, 6) is 0. The smallest absolute Gasteiger partial charge is 0.0117 e. The normalized spacial score (nSPS) is 8.23. The van der Waals surface area contributed by atoms with Crippen molar-refractivity contribution in [1.82, 2.24) is 5.32 Å². The van der Waals surface area contributed by atoms with E-state index in [1.54, 1.807) is 0 Å². The van der Waals surface area contributed by atoms with Gasteiger partial charge in [-0.15, -0.1) is 0 Å². The third-order valence-electron chi connectivity index (χ3n) is 1.61. The number of allylic oxidation sites excluding steroid dienone is 1. The van der Waals surface area contributed by atoms with Crippen molar-refractivity contribution in [3.63, 3.8) is 0 Å². The number of rotatable bonds is 3. The van der Waals surface area contributed by atoms with E-state index < -0.39 is 0 Å². The van der Waals surface area contributed by atoms with Crippen molar-refractivity contribution in [2.75, 3.05) is 7.05 Å². The molecular formula is C12H19N. The summed E-state index contributed by atoms with van der Waals surface area (Å²) in [5.41, 5.74) is 2.35. The van der Waals surface area contributed by atoms with Crippen molar-refractivity contribution in [2.24, 2.45) is 0 Å². The van der Waals surface area contributed by atoms with Crippen LogP contribution in [0.1, 0.15) is 19.4 Å². The third kappa shape index (κ3) is 5.07. The molecule has 0 saturated heterocycles. The molecule has 1 N–H and O–H groups in total. The highest BCUT2D eigenvalue weighted by Crippen LogP contribution is 2.02. The van der Waals surface area contributed by atoms with E-state index in [0.717, 1.165) is 12.1 Å². The van der Waals surface area contributed by atoms with Gasteiger partial charge in [-0.3, -0.25) is 0 Å². The topological polar surface area (TPSA) is 12.0 Å². The number of benzene rings is 1. The Kier molecular flexibility index (Phi) is 6.70. The fourth-order valence-electron chi connectivity index (χ4n) is 0.931. The van der Waals surface area contributed by atoms with Crippen LogP contribution in [-0.2, 0) is 6.42 Å². The van der Waals surface area contributed by atoms with Crippen molar-refractivity contribution in [1.29, 1.82) is 0 Å². The molecule has 0 unspecified atom stereocenters. The highest BCUT2D eigenvalue weighted by molar-refractivity contribution is 5.19. The van der Waals surface area contributed by atoms with Gasteiger partial charge in [0.15, 0.2) is 0 Å². The number of nitrogens with one attached hydrogen (secondary N) is 1. The quantitative estimate of drug-likeness (QED) is 0.748. The third-order valence-corrected chi connectivity index (χ3v) is 1.61. The SMILES string of the molecule is C=C(Cc1ccccc1)NC.CC. The van der Waals surface area contributed by atoms with E-state index in [1.807, 2.05) is 39.1 Å². The second kappa shape index (κ2) is 7.41. The predicted octanol–water partition coefficient (Wildman–Crippen LogP) is 2.99. The Morgan fingerprint density at radius 3 is 2.23 bits per heavy atom. The number of likely N-dealkylation sites (N-methyl/N-ethyl adjacent to an activating group) is 1. The Morgan fingerprint density at radius 1 is 1.23 bits per heavy atom. The van der Waals surface area contributed by atoms with Gasteiger partial charge in [0.25, 0.3) is 0 Å². The molecule has 0 aliphatic rings. The Hall–Kier alpha value is -1.24. The molecule has 0 radical (unpaired) electrons. The van der Waals surface area contributed by atoms with Crippen molar-refractivity contribution in [3.8, 4) is 0 Å². The van der Waals surface area contributed by atoms with Gasteiger partial charge in [0.1, 0.15) is 0 Å². The lowest BCUT2D eigenvalue weighted by Crippen LogP contribution is -2.06. The summed E-state index contributed by atoms with van der Waals surface area (Å²) >= 11 is 0. The molecule has 0 heterocycles. The first-order valence-electron chi connectivity index (χ1n) is 4.72. The molecule has 1 nitrogen and oxygen atoms in total. The molecule has 1 aromatic carbocycles. The van der Waals surface area contributed by atoms with Crippen LogP contribution in [0.25, 0.3) is 0 Å². The first-order valence-corrected chi connectivity index (χ1v) is 4.72. The largest absolute Gasteiger partial charge is 0.392 e. The zero-order chi connectivity index (χ0) is 10.1. The first-order chi connectivity index (χ1) is 6.33. The van der Waals surface area contributed by atoms with Crippen molar-refractivity contribution >= 4 is 0 Å². The summed E-state index contributed by atoms with van der Waals surface area (Å²) in [6.45, 7) is 7.86. The van der Waals surface area contributed by atoms with E-state index in [4.69, 9.17) is 0 Å². The molecule has 0 fully saturated rings. The van der Waals surface area contributed by atoms with E-state index in [9.17, 15) is 0 Å². The van der Waals surface area contributed by atoms with Gasteiger partial charge in [-0.05, 0) is 5.56 Å². The minimum Gasteiger partial charge on any atom is -0.392 e. The van der Waals surface area contributed by atoms with Crippen LogP contribution in [0.15, 0.2) is 42.6 Å². The van der Waals surface area contributed by atoms with Crippen molar-refractivity contribution < 1.29 is 0 Å². The molecule has 0 saturated carbocycles. The van der Waals surface area contributed by atoms with Crippen LogP contribution in [0.3, 0.4) is 0 Å². The van der Waals surface area contributed by atoms with Crippen LogP contribution in [0.5, 0.6) is 0 Å². The maximum atomic E-state index is 3.86. The summed E-state index contributed by atoms with van der Waals surface area (Å²) in [7, 11) is 1.89. The summed E-state index contributed by atoms with van der Waals surface area (Å²) in [4.78, 5) is 0. The van der Waals surface area contributed by atoms with Gasteiger partial charge in [0.05, 0.1) is 0 Å². The Balaban J connectivity index is 0.000000671. The van der Waals surface area contributed by atoms with Crippen LogP contribution in [0.4, 0.5) is 0 Å². The molecule has 1 aromatic rings. The zero-order valence-electron chi connectivity index (χ0n) is 8.80. The van der Waals surface area contributed by atoms with Crippen molar-refractivity contribution in [2.45, 2.75) is 20.3 Å². The Labute approximate surface area is 81.5 Å². The molecule has 0 aliphatic heterocycles. The molecule has 13 heavy (non-hydrogen) atoms. The molecule has 0 spiro atoms. The van der Waals surface area contributed by atoms with Gasteiger partial charge < -0.3 is 5.32 Å². The average molecular weight is 177 g/mol. The van der Waals surface area contributed by atoms with E-state index >= 15 is 0 Å². The molecule has 1 rings (SSSR count). The molecular weight excluding hydrogens is 158 g/mol. The summed E-state index contributed by atoms with van der Waals surface area (Å²) < 4.78 is 0. The molecule has 0 atom stereocenters. The lowest BCUT2D eigenvalue weighted by Gasteiger charge is -2.03. The van der Waals surface area contributed by atoms with Crippen LogP contribution in [0.2, 0.25) is 0 Å². The number of hydrogen-bond acceptors (Lipinski definition) is 1. The minimum absolute atomic E-state index is 0.914. The van der Waals surface area contributed by atoms with E-state index in [0.29, 0.717) is 0 Å². The average Bonchev–Trinajstić information content (AvgIpc) is 2.22. The molecule has 1 heteroatoms. The molecule has 0 bridgehead atoms. The maximum Gasteiger partial charge on any atom is 0.0117 e. The van der Waals surface area contributed by atoms with Gasteiger partial charge in [-0.2, -0.15) is 0 Å². The fraction of sp³-hybridized carbons (Fsp3) is 0.333. The molecule has 0 amide bonds. The van der Waals surface area contributed by atoms with Gasteiger partial charge in [-0.25, -0.2) is 0 Å². The number of hydrogen-bond donors (Lipinski definition) is 1. The Morgan fingerprint density at radius 2 is 1.77 bits per heavy atom. The second-order valence-corrected chi connectivity index (χ2v) is 2.52. The van der Waals surface area contributed by atoms with Crippen LogP contribution >= 0.6 is 0 Å². The molecule has 0 aromatic heterocycles. The van der Waals surface area contributed by atoms with Crippen molar-refractivity contribution in [3.05, 3.63) is 48.2 Å². The molecule has 0 aliphatic carbocycles. The minimum atomic E-state index is 0.914. The zero-order valence-corrected chi connectivity index (χ0v) is 8.80. The van der Waals surface area contributed by atoms with Crippen LogP contribution < -0.4 is 5.32 Å². The Bertz CT molecular complexity index is 226. The van der Waals surface area contributed by atoms with E-state index in [2.05, 4.69) is 24.0 Å².